The zero-order valence-electron chi connectivity index (χ0n) is 18.3. The summed E-state index contributed by atoms with van der Waals surface area (Å²) in [6.07, 6.45) is 0.934. The van der Waals surface area contributed by atoms with E-state index in [1.807, 2.05) is 24.3 Å². The van der Waals surface area contributed by atoms with Gasteiger partial charge in [-0.15, -0.1) is 0 Å². The third-order valence-corrected chi connectivity index (χ3v) is 5.32. The first-order valence-corrected chi connectivity index (χ1v) is 10.9. The quantitative estimate of drug-likeness (QED) is 0.172. The van der Waals surface area contributed by atoms with Crippen molar-refractivity contribution in [1.29, 1.82) is 0 Å². The molecule has 184 valence electrons. The van der Waals surface area contributed by atoms with Crippen LogP contribution >= 0.6 is 12.6 Å². The number of thiol groups is 1. The minimum absolute atomic E-state index is 0.0754. The molecule has 0 fully saturated rings. The summed E-state index contributed by atoms with van der Waals surface area (Å²) in [5.74, 6) is -5.41. The number of carboxylic acids is 2. The van der Waals surface area contributed by atoms with Gasteiger partial charge in [0.15, 0.2) is 0 Å². The van der Waals surface area contributed by atoms with Crippen LogP contribution in [0.4, 0.5) is 0 Å². The summed E-state index contributed by atoms with van der Waals surface area (Å²) in [4.78, 5) is 62.9. The number of H-pyrrole nitrogens is 1. The average Bonchev–Trinajstić information content (AvgIpc) is 3.18. The van der Waals surface area contributed by atoms with Gasteiger partial charge in [0, 0.05) is 29.3 Å². The molecule has 0 aliphatic heterocycles. The lowest BCUT2D eigenvalue weighted by atomic mass is 10.0. The van der Waals surface area contributed by atoms with Crippen molar-refractivity contribution in [2.24, 2.45) is 5.73 Å². The van der Waals surface area contributed by atoms with Gasteiger partial charge in [-0.05, 0) is 18.6 Å². The number of carboxylic acid groups (broad SMARTS) is 2. The SMILES string of the molecule is CC(N)C(=O)NC(Cc1c[nH]c2ccccc12)C(=O)NC(CS)C(=O)NC(CC(=O)O)C(=O)O. The van der Waals surface area contributed by atoms with Crippen LogP contribution in [0.1, 0.15) is 18.9 Å². The van der Waals surface area contributed by atoms with Crippen LogP contribution in [0.3, 0.4) is 0 Å². The number of para-hydroxylation sites is 1. The standard InChI is InChI=1S/C21H27N5O7S/c1-10(22)18(29)24-14(6-11-8-23-13-5-3-2-4-12(11)13)19(30)26-16(9-34)20(31)25-15(21(32)33)7-17(27)28/h2-5,8,10,14-16,23,34H,6-7,9,22H2,1H3,(H,24,29)(H,25,31)(H,26,30)(H,27,28)(H,32,33). The van der Waals surface area contributed by atoms with Crippen LogP contribution < -0.4 is 21.7 Å². The Hall–Kier alpha value is -3.58. The lowest BCUT2D eigenvalue weighted by molar-refractivity contribution is -0.147. The largest absolute Gasteiger partial charge is 0.481 e. The molecule has 0 aliphatic carbocycles. The molecule has 1 aromatic carbocycles. The summed E-state index contributed by atoms with van der Waals surface area (Å²) in [5, 5.41) is 25.9. The number of hydrogen-bond acceptors (Lipinski definition) is 7. The fraction of sp³-hybridized carbons (Fsp3) is 0.381. The normalized spacial score (nSPS) is 14.4. The Labute approximate surface area is 200 Å². The number of benzene rings is 1. The Morgan fingerprint density at radius 3 is 2.15 bits per heavy atom. The van der Waals surface area contributed by atoms with Crippen molar-refractivity contribution in [3.8, 4) is 0 Å². The summed E-state index contributed by atoms with van der Waals surface area (Å²) in [7, 11) is 0. The van der Waals surface area contributed by atoms with E-state index >= 15 is 0 Å². The molecule has 2 rings (SSSR count). The van der Waals surface area contributed by atoms with E-state index in [-0.39, 0.29) is 12.2 Å². The maximum atomic E-state index is 13.0. The number of aromatic amines is 1. The topological polar surface area (TPSA) is 204 Å². The minimum Gasteiger partial charge on any atom is -0.481 e. The molecule has 0 saturated heterocycles. The van der Waals surface area contributed by atoms with E-state index in [2.05, 4.69) is 33.6 Å². The van der Waals surface area contributed by atoms with Crippen LogP contribution in [0.15, 0.2) is 30.5 Å². The van der Waals surface area contributed by atoms with Crippen molar-refractivity contribution in [3.63, 3.8) is 0 Å². The van der Waals surface area contributed by atoms with E-state index in [1.54, 1.807) is 6.20 Å². The molecule has 0 spiro atoms. The molecule has 0 saturated carbocycles. The number of nitrogens with one attached hydrogen (secondary N) is 4. The number of amides is 3. The van der Waals surface area contributed by atoms with Crippen LogP contribution in [0, 0.1) is 0 Å². The van der Waals surface area contributed by atoms with Gasteiger partial charge < -0.3 is 36.9 Å². The molecule has 0 bridgehead atoms. The Morgan fingerprint density at radius 1 is 0.971 bits per heavy atom. The molecule has 8 N–H and O–H groups in total. The summed E-state index contributed by atoms with van der Waals surface area (Å²) in [6, 6.07) is 2.39. The van der Waals surface area contributed by atoms with Crippen LogP contribution in [-0.4, -0.2) is 74.8 Å². The Kier molecular flexibility index (Phi) is 9.45. The van der Waals surface area contributed by atoms with Crippen molar-refractivity contribution >= 4 is 53.2 Å². The van der Waals surface area contributed by atoms with E-state index in [9.17, 15) is 24.0 Å². The highest BCUT2D eigenvalue weighted by atomic mass is 32.1. The number of carbonyl (C=O) groups excluding carboxylic acids is 3. The Morgan fingerprint density at radius 2 is 1.56 bits per heavy atom. The lowest BCUT2D eigenvalue weighted by Crippen LogP contribution is -2.58. The summed E-state index contributed by atoms with van der Waals surface area (Å²) < 4.78 is 0. The highest BCUT2D eigenvalue weighted by molar-refractivity contribution is 7.80. The number of nitrogens with two attached hydrogens (primary N) is 1. The number of aliphatic carboxylic acids is 2. The first-order valence-electron chi connectivity index (χ1n) is 10.3. The number of fused-ring (bicyclic) bond motifs is 1. The maximum absolute atomic E-state index is 13.0. The molecule has 1 aromatic heterocycles. The number of aromatic nitrogens is 1. The monoisotopic (exact) mass is 493 g/mol. The molecular formula is C21H27N5O7S. The van der Waals surface area contributed by atoms with Gasteiger partial charge in [0.05, 0.1) is 12.5 Å². The van der Waals surface area contributed by atoms with E-state index < -0.39 is 60.2 Å². The summed E-state index contributed by atoms with van der Waals surface area (Å²) in [5.41, 5.74) is 7.19. The molecule has 34 heavy (non-hydrogen) atoms. The Bertz CT molecular complexity index is 1070. The van der Waals surface area contributed by atoms with Gasteiger partial charge in [-0.25, -0.2) is 4.79 Å². The van der Waals surface area contributed by atoms with Gasteiger partial charge in [0.1, 0.15) is 18.1 Å². The van der Waals surface area contributed by atoms with Crippen LogP contribution in [-0.2, 0) is 30.4 Å². The average molecular weight is 494 g/mol. The highest BCUT2D eigenvalue weighted by Gasteiger charge is 2.30. The lowest BCUT2D eigenvalue weighted by Gasteiger charge is -2.24. The van der Waals surface area contributed by atoms with Crippen molar-refractivity contribution in [3.05, 3.63) is 36.0 Å². The smallest absolute Gasteiger partial charge is 0.326 e. The molecule has 2 aromatic rings. The molecule has 12 nitrogen and oxygen atoms in total. The van der Waals surface area contributed by atoms with Gasteiger partial charge in [0.2, 0.25) is 17.7 Å². The zero-order chi connectivity index (χ0) is 25.4. The molecule has 4 atom stereocenters. The maximum Gasteiger partial charge on any atom is 0.326 e. The van der Waals surface area contributed by atoms with Gasteiger partial charge in [-0.2, -0.15) is 12.6 Å². The van der Waals surface area contributed by atoms with Crippen LogP contribution in [0.25, 0.3) is 10.9 Å². The first-order chi connectivity index (χ1) is 16.0. The van der Waals surface area contributed by atoms with Crippen molar-refractivity contribution in [1.82, 2.24) is 20.9 Å². The predicted molar refractivity (Wildman–Crippen MR) is 125 cm³/mol. The third kappa shape index (κ3) is 7.22. The third-order valence-electron chi connectivity index (χ3n) is 4.95. The van der Waals surface area contributed by atoms with Crippen LogP contribution in [0.5, 0.6) is 0 Å². The molecule has 13 heteroatoms. The number of carbonyl (C=O) groups is 5. The highest BCUT2D eigenvalue weighted by Crippen LogP contribution is 2.19. The number of rotatable bonds is 12. The van der Waals surface area contributed by atoms with Crippen molar-refractivity contribution in [2.45, 2.75) is 43.9 Å². The van der Waals surface area contributed by atoms with E-state index in [0.717, 1.165) is 16.5 Å². The van der Waals surface area contributed by atoms with E-state index in [4.69, 9.17) is 15.9 Å². The van der Waals surface area contributed by atoms with E-state index in [1.165, 1.54) is 6.92 Å². The molecular weight excluding hydrogens is 466 g/mol. The molecule has 0 radical (unpaired) electrons. The van der Waals surface area contributed by atoms with Crippen molar-refractivity contribution < 1.29 is 34.2 Å². The second kappa shape index (κ2) is 12.0. The molecule has 3 amide bonds. The summed E-state index contributed by atoms with van der Waals surface area (Å²) >= 11 is 4.03. The first kappa shape index (κ1) is 26.7. The zero-order valence-corrected chi connectivity index (χ0v) is 19.2. The fourth-order valence-corrected chi connectivity index (χ4v) is 3.40. The van der Waals surface area contributed by atoms with Gasteiger partial charge >= 0.3 is 11.9 Å². The molecule has 4 unspecified atom stereocenters. The summed E-state index contributed by atoms with van der Waals surface area (Å²) in [6.45, 7) is 1.45. The molecule has 0 aliphatic rings. The second-order valence-corrected chi connectivity index (χ2v) is 8.02. The Balaban J connectivity index is 2.20. The van der Waals surface area contributed by atoms with Gasteiger partial charge in [0.25, 0.3) is 0 Å². The predicted octanol–water partition coefficient (Wildman–Crippen LogP) is -0.999. The second-order valence-electron chi connectivity index (χ2n) is 7.65. The van der Waals surface area contributed by atoms with Gasteiger partial charge in [-0.1, -0.05) is 18.2 Å². The minimum atomic E-state index is -1.69. The van der Waals surface area contributed by atoms with Gasteiger partial charge in [-0.3, -0.25) is 19.2 Å². The van der Waals surface area contributed by atoms with Crippen molar-refractivity contribution in [2.75, 3.05) is 5.75 Å². The van der Waals surface area contributed by atoms with Crippen LogP contribution in [0.2, 0.25) is 0 Å². The fourth-order valence-electron chi connectivity index (χ4n) is 3.15. The number of hydrogen-bond donors (Lipinski definition) is 8. The molecule has 1 heterocycles. The van der Waals surface area contributed by atoms with E-state index in [0.29, 0.717) is 0 Å².